The van der Waals surface area contributed by atoms with Gasteiger partial charge in [-0.3, -0.25) is 9.78 Å². The number of nitrogens with one attached hydrogen (secondary N) is 2. The lowest BCUT2D eigenvalue weighted by Gasteiger charge is -2.28. The number of anilines is 1. The van der Waals surface area contributed by atoms with E-state index >= 15 is 0 Å². The average Bonchev–Trinajstić information content (AvgIpc) is 3.46. The van der Waals surface area contributed by atoms with Crippen LogP contribution in [0.15, 0.2) is 85.1 Å². The number of amides is 1. The van der Waals surface area contributed by atoms with Crippen LogP contribution in [0.3, 0.4) is 0 Å². The van der Waals surface area contributed by atoms with Crippen molar-refractivity contribution in [3.05, 3.63) is 113 Å². The lowest BCUT2D eigenvalue weighted by Crippen LogP contribution is -2.32. The molecule has 2 aromatic heterocycles. The van der Waals surface area contributed by atoms with Crippen molar-refractivity contribution >= 4 is 34.9 Å². The van der Waals surface area contributed by atoms with Gasteiger partial charge in [-0.15, -0.1) is 0 Å². The van der Waals surface area contributed by atoms with Gasteiger partial charge in [-0.1, -0.05) is 30.3 Å². The van der Waals surface area contributed by atoms with Gasteiger partial charge in [0.05, 0.1) is 30.5 Å². The summed E-state index contributed by atoms with van der Waals surface area (Å²) in [6, 6.07) is 24.4. The fourth-order valence-corrected chi connectivity index (χ4v) is 5.66. The molecule has 1 fully saturated rings. The van der Waals surface area contributed by atoms with E-state index in [4.69, 9.17) is 17.0 Å². The summed E-state index contributed by atoms with van der Waals surface area (Å²) >= 11 is 5.81. The Labute approximate surface area is 239 Å². The predicted octanol–water partition coefficient (Wildman–Crippen LogP) is 5.28. The minimum absolute atomic E-state index is 0.0841. The third kappa shape index (κ3) is 5.46. The number of methoxy groups -OCH3 is 1. The molecule has 1 aliphatic heterocycles. The van der Waals surface area contributed by atoms with Gasteiger partial charge in [-0.05, 0) is 80.2 Å². The summed E-state index contributed by atoms with van der Waals surface area (Å²) in [5.74, 6) is -0.468. The van der Waals surface area contributed by atoms with Crippen LogP contribution in [0.5, 0.6) is 0 Å². The normalized spacial score (nSPS) is 16.5. The van der Waals surface area contributed by atoms with Crippen molar-refractivity contribution in [2.75, 3.05) is 19.0 Å². The van der Waals surface area contributed by atoms with Gasteiger partial charge >= 0.3 is 5.97 Å². The maximum absolute atomic E-state index is 12.8. The highest BCUT2D eigenvalue weighted by Crippen LogP contribution is 2.41. The summed E-state index contributed by atoms with van der Waals surface area (Å²) in [7, 11) is 1.38. The largest absolute Gasteiger partial charge is 0.465 e. The van der Waals surface area contributed by atoms with Gasteiger partial charge in [0.2, 0.25) is 5.91 Å². The minimum Gasteiger partial charge on any atom is -0.465 e. The molecule has 4 aromatic rings. The molecule has 204 valence electrons. The zero-order valence-electron chi connectivity index (χ0n) is 22.6. The van der Waals surface area contributed by atoms with Crippen LogP contribution < -0.4 is 10.6 Å². The molecule has 0 aliphatic carbocycles. The maximum Gasteiger partial charge on any atom is 0.337 e. The first-order valence-electron chi connectivity index (χ1n) is 13.1. The van der Waals surface area contributed by atoms with Crippen molar-refractivity contribution < 1.29 is 14.3 Å². The number of carbonyl (C=O) groups is 2. The van der Waals surface area contributed by atoms with Crippen LogP contribution in [0.4, 0.5) is 5.69 Å². The van der Waals surface area contributed by atoms with Gasteiger partial charge in [-0.2, -0.15) is 0 Å². The molecule has 1 aliphatic rings. The molecule has 3 heterocycles. The number of esters is 1. The average molecular weight is 554 g/mol. The Kier molecular flexibility index (Phi) is 7.93. The Bertz CT molecular complexity index is 1540. The van der Waals surface area contributed by atoms with E-state index in [0.717, 1.165) is 34.0 Å². The highest BCUT2D eigenvalue weighted by molar-refractivity contribution is 7.80. The van der Waals surface area contributed by atoms with Gasteiger partial charge in [0.1, 0.15) is 0 Å². The van der Waals surface area contributed by atoms with Crippen LogP contribution in [0.25, 0.3) is 5.69 Å². The summed E-state index contributed by atoms with van der Waals surface area (Å²) in [5.41, 5.74) is 6.05. The third-order valence-electron chi connectivity index (χ3n) is 7.15. The van der Waals surface area contributed by atoms with E-state index in [0.29, 0.717) is 17.2 Å². The smallest absolute Gasteiger partial charge is 0.337 e. The number of nitrogens with zero attached hydrogens (tertiary/aromatic N) is 3. The van der Waals surface area contributed by atoms with E-state index in [1.54, 1.807) is 12.3 Å². The number of hydrogen-bond donors (Lipinski definition) is 2. The maximum atomic E-state index is 12.8. The number of benzene rings is 2. The summed E-state index contributed by atoms with van der Waals surface area (Å²) in [4.78, 5) is 31.7. The van der Waals surface area contributed by atoms with Crippen molar-refractivity contribution in [2.24, 2.45) is 0 Å². The fraction of sp³-hybridized carbons (Fsp3) is 0.226. The van der Waals surface area contributed by atoms with E-state index < -0.39 is 0 Å². The molecule has 1 saturated heterocycles. The Morgan fingerprint density at radius 1 is 1.02 bits per heavy atom. The molecule has 9 heteroatoms. The molecule has 1 amide bonds. The van der Waals surface area contributed by atoms with Gasteiger partial charge in [-0.25, -0.2) is 4.79 Å². The quantitative estimate of drug-likeness (QED) is 0.227. The lowest BCUT2D eigenvalue weighted by molar-refractivity contribution is -0.116. The Hall–Kier alpha value is -4.50. The number of rotatable bonds is 8. The van der Waals surface area contributed by atoms with Crippen molar-refractivity contribution in [3.8, 4) is 5.69 Å². The number of aromatic nitrogens is 2. The third-order valence-corrected chi connectivity index (χ3v) is 7.50. The summed E-state index contributed by atoms with van der Waals surface area (Å²) in [6.07, 6.45) is 2.04. The number of pyridine rings is 1. The second-order valence-corrected chi connectivity index (χ2v) is 10.1. The number of thiocarbonyl (C=S) groups is 1. The van der Waals surface area contributed by atoms with Gasteiger partial charge < -0.3 is 24.8 Å². The number of para-hydroxylation sites is 1. The number of ether oxygens (including phenoxy) is 1. The number of carbonyl (C=O) groups excluding carboxylic acids is 2. The Morgan fingerprint density at radius 3 is 2.52 bits per heavy atom. The van der Waals surface area contributed by atoms with Crippen molar-refractivity contribution in [2.45, 2.75) is 32.4 Å². The first-order chi connectivity index (χ1) is 19.4. The van der Waals surface area contributed by atoms with Gasteiger partial charge in [0.25, 0.3) is 0 Å². The van der Waals surface area contributed by atoms with E-state index in [-0.39, 0.29) is 30.4 Å². The first-order valence-corrected chi connectivity index (χ1v) is 13.5. The second kappa shape index (κ2) is 11.7. The highest BCUT2D eigenvalue weighted by Gasteiger charge is 2.41. The Balaban J connectivity index is 1.49. The van der Waals surface area contributed by atoms with E-state index in [1.165, 1.54) is 7.11 Å². The molecule has 5 rings (SSSR count). The molecular formula is C31H31N5O3S. The van der Waals surface area contributed by atoms with Crippen LogP contribution in [-0.2, 0) is 9.53 Å². The first kappa shape index (κ1) is 27.1. The fourth-order valence-electron chi connectivity index (χ4n) is 5.33. The van der Waals surface area contributed by atoms with Crippen LogP contribution in [0.2, 0.25) is 0 Å². The van der Waals surface area contributed by atoms with E-state index in [2.05, 4.69) is 38.1 Å². The zero-order valence-corrected chi connectivity index (χ0v) is 23.4. The van der Waals surface area contributed by atoms with E-state index in [9.17, 15) is 9.59 Å². The van der Waals surface area contributed by atoms with Crippen molar-refractivity contribution in [1.82, 2.24) is 19.8 Å². The molecule has 0 spiro atoms. The summed E-state index contributed by atoms with van der Waals surface area (Å²) in [6.45, 7) is 4.53. The molecule has 0 saturated carbocycles. The molecule has 0 bridgehead atoms. The number of hydrogen-bond acceptors (Lipinski definition) is 5. The monoisotopic (exact) mass is 553 g/mol. The Morgan fingerprint density at radius 2 is 1.80 bits per heavy atom. The molecule has 0 unspecified atom stereocenters. The minimum atomic E-state index is -0.384. The van der Waals surface area contributed by atoms with E-state index in [1.807, 2.05) is 73.7 Å². The van der Waals surface area contributed by atoms with Crippen molar-refractivity contribution in [1.29, 1.82) is 0 Å². The molecule has 2 N–H and O–H groups in total. The van der Waals surface area contributed by atoms with Crippen LogP contribution >= 0.6 is 12.2 Å². The van der Waals surface area contributed by atoms with Gasteiger partial charge in [0.15, 0.2) is 5.11 Å². The summed E-state index contributed by atoms with van der Waals surface area (Å²) in [5, 5.41) is 7.00. The molecular weight excluding hydrogens is 522 g/mol. The molecule has 40 heavy (non-hydrogen) atoms. The second-order valence-electron chi connectivity index (χ2n) is 9.69. The van der Waals surface area contributed by atoms with Crippen LogP contribution in [0.1, 0.15) is 51.5 Å². The van der Waals surface area contributed by atoms with Crippen LogP contribution in [0, 0.1) is 13.8 Å². The predicted molar refractivity (Wildman–Crippen MR) is 158 cm³/mol. The molecule has 0 radical (unpaired) electrons. The van der Waals surface area contributed by atoms with Gasteiger partial charge in [0, 0.05) is 41.9 Å². The zero-order chi connectivity index (χ0) is 28.2. The standard InChI is InChI=1S/C31H31N5O3S/c1-20-18-25(21(2)36(20)24-13-9-10-22(19-24)30(38)39-3)29-28(26-14-7-8-16-32-26)34-31(40)35(29)17-15-27(37)33-23-11-5-4-6-12-23/h4-14,16,18-19,28-29H,15,17H2,1-3H3,(H,33,37)(H,34,40)/t28-,29-/m1/s1. The molecule has 8 nitrogen and oxygen atoms in total. The topological polar surface area (TPSA) is 88.5 Å². The highest BCUT2D eigenvalue weighted by atomic mass is 32.1. The van der Waals surface area contributed by atoms with Crippen LogP contribution in [-0.4, -0.2) is 45.1 Å². The molecule has 2 atom stereocenters. The molecule has 2 aromatic carbocycles. The number of aryl methyl sites for hydroxylation is 1. The SMILES string of the molecule is COC(=O)c1cccc(-n2c(C)cc([C@@H]3[C@@H](c4ccccn4)NC(=S)N3CCC(=O)Nc3ccccc3)c2C)c1. The summed E-state index contributed by atoms with van der Waals surface area (Å²) < 4.78 is 7.05. The van der Waals surface area contributed by atoms with Crippen molar-refractivity contribution in [3.63, 3.8) is 0 Å². The lowest BCUT2D eigenvalue weighted by atomic mass is 9.96.